The molecule has 3 fully saturated rings. The molecule has 146 valence electrons. The van der Waals surface area contributed by atoms with Crippen LogP contribution in [0.5, 0.6) is 0 Å². The van der Waals surface area contributed by atoms with Gasteiger partial charge in [0.15, 0.2) is 15.0 Å². The SMILES string of the molecule is O=C(CCC1CCCC1)N=C1S[C@@H]2CS(=O)(=O)C[C@@H]2N1Cc1ccccc1. The molecule has 0 bridgehead atoms. The fourth-order valence-corrected chi connectivity index (χ4v) is 8.36. The largest absolute Gasteiger partial charge is 0.342 e. The van der Waals surface area contributed by atoms with Gasteiger partial charge in [-0.2, -0.15) is 4.99 Å². The van der Waals surface area contributed by atoms with E-state index in [0.29, 0.717) is 24.1 Å². The number of nitrogens with zero attached hydrogens (tertiary/aromatic N) is 2. The van der Waals surface area contributed by atoms with Gasteiger partial charge in [0.25, 0.3) is 0 Å². The van der Waals surface area contributed by atoms with Crippen LogP contribution in [0.2, 0.25) is 0 Å². The zero-order valence-corrected chi connectivity index (χ0v) is 17.1. The van der Waals surface area contributed by atoms with Gasteiger partial charge in [-0.25, -0.2) is 8.42 Å². The second-order valence-corrected chi connectivity index (χ2v) is 11.3. The van der Waals surface area contributed by atoms with E-state index in [1.807, 2.05) is 35.2 Å². The Labute approximate surface area is 165 Å². The lowest BCUT2D eigenvalue weighted by Gasteiger charge is -2.24. The summed E-state index contributed by atoms with van der Waals surface area (Å²) in [5, 5.41) is 0.695. The number of hydrogen-bond acceptors (Lipinski definition) is 4. The van der Waals surface area contributed by atoms with Crippen LogP contribution in [0.15, 0.2) is 35.3 Å². The minimum atomic E-state index is -3.01. The molecule has 4 rings (SSSR count). The lowest BCUT2D eigenvalue weighted by atomic mass is 10.0. The first-order valence-electron chi connectivity index (χ1n) is 9.79. The van der Waals surface area contributed by atoms with Crippen LogP contribution in [0, 0.1) is 5.92 Å². The van der Waals surface area contributed by atoms with E-state index >= 15 is 0 Å². The van der Waals surface area contributed by atoms with Gasteiger partial charge >= 0.3 is 0 Å². The molecular formula is C20H26N2O3S2. The fraction of sp³-hybridized carbons (Fsp3) is 0.600. The molecule has 2 aliphatic heterocycles. The molecule has 1 aromatic rings. The Hall–Kier alpha value is -1.34. The molecule has 3 aliphatic rings. The van der Waals surface area contributed by atoms with E-state index in [1.54, 1.807) is 0 Å². The fourth-order valence-electron chi connectivity index (χ4n) is 4.39. The van der Waals surface area contributed by atoms with Crippen molar-refractivity contribution in [3.8, 4) is 0 Å². The monoisotopic (exact) mass is 406 g/mol. The average Bonchev–Trinajstić information content (AvgIpc) is 3.31. The summed E-state index contributed by atoms with van der Waals surface area (Å²) in [7, 11) is -3.01. The highest BCUT2D eigenvalue weighted by Gasteiger charge is 2.48. The maximum atomic E-state index is 12.5. The number of carbonyl (C=O) groups is 1. The van der Waals surface area contributed by atoms with Crippen LogP contribution in [0.4, 0.5) is 0 Å². The molecule has 2 atom stereocenters. The summed E-state index contributed by atoms with van der Waals surface area (Å²) >= 11 is 1.47. The number of carbonyl (C=O) groups excluding carboxylic acids is 1. The Kier molecular flexibility index (Phi) is 5.60. The van der Waals surface area contributed by atoms with E-state index < -0.39 is 9.84 Å². The van der Waals surface area contributed by atoms with Gasteiger partial charge in [0.05, 0.1) is 17.5 Å². The number of amidine groups is 1. The summed E-state index contributed by atoms with van der Waals surface area (Å²) in [6, 6.07) is 9.89. The minimum absolute atomic E-state index is 0.0138. The number of thioether (sulfide) groups is 1. The van der Waals surface area contributed by atoms with Crippen LogP contribution < -0.4 is 0 Å². The topological polar surface area (TPSA) is 66.8 Å². The lowest BCUT2D eigenvalue weighted by molar-refractivity contribution is -0.118. The number of benzene rings is 1. The van der Waals surface area contributed by atoms with E-state index in [1.165, 1.54) is 37.4 Å². The summed E-state index contributed by atoms with van der Waals surface area (Å²) in [5.74, 6) is 0.955. The van der Waals surface area contributed by atoms with E-state index in [-0.39, 0.29) is 28.7 Å². The van der Waals surface area contributed by atoms with Crippen molar-refractivity contribution in [1.29, 1.82) is 0 Å². The molecule has 27 heavy (non-hydrogen) atoms. The van der Waals surface area contributed by atoms with E-state index in [0.717, 1.165) is 12.0 Å². The van der Waals surface area contributed by atoms with Crippen LogP contribution in [0.25, 0.3) is 0 Å². The van der Waals surface area contributed by atoms with Crippen LogP contribution in [-0.2, 0) is 21.2 Å². The number of sulfone groups is 1. The highest BCUT2D eigenvalue weighted by molar-refractivity contribution is 8.15. The first-order chi connectivity index (χ1) is 13.0. The number of rotatable bonds is 5. The summed E-state index contributed by atoms with van der Waals surface area (Å²) in [6.07, 6.45) is 6.47. The molecule has 5 nitrogen and oxygen atoms in total. The van der Waals surface area contributed by atoms with E-state index in [2.05, 4.69) is 4.99 Å². The van der Waals surface area contributed by atoms with Gasteiger partial charge < -0.3 is 4.90 Å². The molecule has 1 aliphatic carbocycles. The smallest absolute Gasteiger partial charge is 0.248 e. The van der Waals surface area contributed by atoms with Gasteiger partial charge in [0.2, 0.25) is 5.91 Å². The van der Waals surface area contributed by atoms with Gasteiger partial charge in [-0.15, -0.1) is 0 Å². The van der Waals surface area contributed by atoms with Crippen molar-refractivity contribution >= 4 is 32.7 Å². The predicted octanol–water partition coefficient (Wildman–Crippen LogP) is 3.25. The number of amides is 1. The van der Waals surface area contributed by atoms with Crippen molar-refractivity contribution in [3.63, 3.8) is 0 Å². The first kappa shape index (κ1) is 19.0. The number of fused-ring (bicyclic) bond motifs is 1. The molecule has 1 saturated carbocycles. The van der Waals surface area contributed by atoms with E-state index in [4.69, 9.17) is 0 Å². The molecule has 0 radical (unpaired) electrons. The van der Waals surface area contributed by atoms with Crippen LogP contribution in [0.3, 0.4) is 0 Å². The second-order valence-electron chi connectivity index (χ2n) is 7.89. The number of hydrogen-bond donors (Lipinski definition) is 0. The van der Waals surface area contributed by atoms with Gasteiger partial charge in [-0.3, -0.25) is 4.79 Å². The van der Waals surface area contributed by atoms with Crippen LogP contribution in [0.1, 0.15) is 44.1 Å². The molecule has 2 heterocycles. The Morgan fingerprint density at radius 1 is 1.15 bits per heavy atom. The maximum Gasteiger partial charge on any atom is 0.248 e. The van der Waals surface area contributed by atoms with Gasteiger partial charge in [-0.1, -0.05) is 67.8 Å². The Bertz CT molecular complexity index is 817. The number of aliphatic imine (C=N–C) groups is 1. The van der Waals surface area contributed by atoms with Crippen LogP contribution in [-0.4, -0.2) is 47.2 Å². The zero-order valence-electron chi connectivity index (χ0n) is 15.4. The Balaban J connectivity index is 1.48. The van der Waals surface area contributed by atoms with Crippen molar-refractivity contribution in [3.05, 3.63) is 35.9 Å². The van der Waals surface area contributed by atoms with Crippen LogP contribution >= 0.6 is 11.8 Å². The molecule has 7 heteroatoms. The van der Waals surface area contributed by atoms with Crippen molar-refractivity contribution in [2.45, 2.75) is 56.4 Å². The van der Waals surface area contributed by atoms with Crippen molar-refractivity contribution in [1.82, 2.24) is 4.90 Å². The van der Waals surface area contributed by atoms with Crippen molar-refractivity contribution in [2.75, 3.05) is 11.5 Å². The second kappa shape index (κ2) is 7.95. The summed E-state index contributed by atoms with van der Waals surface area (Å²) in [6.45, 7) is 0.596. The highest BCUT2D eigenvalue weighted by atomic mass is 32.2. The third kappa shape index (κ3) is 4.57. The molecule has 2 saturated heterocycles. The summed E-state index contributed by atoms with van der Waals surface area (Å²) in [4.78, 5) is 18.9. The highest BCUT2D eigenvalue weighted by Crippen LogP contribution is 2.39. The molecule has 1 amide bonds. The van der Waals surface area contributed by atoms with Crippen molar-refractivity contribution < 1.29 is 13.2 Å². The lowest BCUT2D eigenvalue weighted by Crippen LogP contribution is -2.37. The molecule has 0 spiro atoms. The van der Waals surface area contributed by atoms with Gasteiger partial charge in [-0.05, 0) is 17.9 Å². The first-order valence-corrected chi connectivity index (χ1v) is 12.5. The molecule has 1 aromatic carbocycles. The van der Waals surface area contributed by atoms with Crippen molar-refractivity contribution in [2.24, 2.45) is 10.9 Å². The predicted molar refractivity (Wildman–Crippen MR) is 109 cm³/mol. The molecular weight excluding hydrogens is 380 g/mol. The molecule has 0 aromatic heterocycles. The quantitative estimate of drug-likeness (QED) is 0.751. The van der Waals surface area contributed by atoms with E-state index in [9.17, 15) is 13.2 Å². The third-order valence-electron chi connectivity index (χ3n) is 5.83. The summed E-state index contributed by atoms with van der Waals surface area (Å²) in [5.41, 5.74) is 1.11. The third-order valence-corrected chi connectivity index (χ3v) is 9.08. The molecule has 0 unspecified atom stereocenters. The molecule has 0 N–H and O–H groups in total. The summed E-state index contributed by atoms with van der Waals surface area (Å²) < 4.78 is 24.1. The Morgan fingerprint density at radius 3 is 2.63 bits per heavy atom. The maximum absolute atomic E-state index is 12.5. The normalized spacial score (nSPS) is 28.7. The Morgan fingerprint density at radius 2 is 1.89 bits per heavy atom. The average molecular weight is 407 g/mol. The standard InChI is InChI=1S/C20H26N2O3S2/c23-19(11-10-15-6-4-5-7-15)21-20-22(12-16-8-2-1-3-9-16)17-13-27(24,25)14-18(17)26-20/h1-3,8-9,15,17-18H,4-7,10-14H2/t17-,18+/m0/s1. The minimum Gasteiger partial charge on any atom is -0.342 e. The van der Waals surface area contributed by atoms with Gasteiger partial charge in [0.1, 0.15) is 0 Å². The zero-order chi connectivity index (χ0) is 18.9. The van der Waals surface area contributed by atoms with Gasteiger partial charge in [0, 0.05) is 18.2 Å².